The molecule has 3 heterocycles. The van der Waals surface area contributed by atoms with Crippen LogP contribution in [0.15, 0.2) is 87.4 Å². The van der Waals surface area contributed by atoms with Gasteiger partial charge in [0.1, 0.15) is 11.3 Å². The number of rotatable bonds is 7. The largest absolute Gasteiger partial charge is 0.508 e. The predicted molar refractivity (Wildman–Crippen MR) is 132 cm³/mol. The highest BCUT2D eigenvalue weighted by Gasteiger charge is 2.17. The van der Waals surface area contributed by atoms with Crippen molar-refractivity contribution < 1.29 is 9.52 Å². The summed E-state index contributed by atoms with van der Waals surface area (Å²) in [5, 5.41) is 20.7. The lowest BCUT2D eigenvalue weighted by Crippen LogP contribution is -2.05. The van der Waals surface area contributed by atoms with Gasteiger partial charge in [0.15, 0.2) is 11.0 Å². The summed E-state index contributed by atoms with van der Waals surface area (Å²) < 4.78 is 7.41. The molecule has 8 heteroatoms. The molecule has 0 saturated heterocycles. The first-order valence-electron chi connectivity index (χ1n) is 10.9. The molecule has 0 aliphatic carbocycles. The molecule has 0 saturated carbocycles. The molecule has 7 nitrogen and oxygen atoms in total. The molecule has 0 unspecified atom stereocenters. The Morgan fingerprint density at radius 3 is 2.56 bits per heavy atom. The number of aryl methyl sites for hydroxylation is 1. The maximum Gasteiger partial charge on any atom is 0.336 e. The summed E-state index contributed by atoms with van der Waals surface area (Å²) in [6.45, 7) is 2.58. The molecule has 0 radical (unpaired) electrons. The van der Waals surface area contributed by atoms with Crippen molar-refractivity contribution in [2.45, 2.75) is 30.8 Å². The SMILES string of the molecule is CCc1cc2c(CSc3nnc(-c4ccncc4)n3Cc3ccccc3)cc(=O)oc2cc1O. The number of hydrogen-bond acceptors (Lipinski definition) is 7. The zero-order chi connectivity index (χ0) is 23.5. The molecule has 3 aromatic heterocycles. The van der Waals surface area contributed by atoms with Gasteiger partial charge in [0.05, 0.1) is 6.54 Å². The fraction of sp³-hybridized carbons (Fsp3) is 0.154. The van der Waals surface area contributed by atoms with Crippen LogP contribution in [-0.2, 0) is 18.7 Å². The Labute approximate surface area is 200 Å². The Kier molecular flexibility index (Phi) is 6.14. The third-order valence-corrected chi connectivity index (χ3v) is 6.62. The van der Waals surface area contributed by atoms with Crippen LogP contribution in [0.2, 0.25) is 0 Å². The van der Waals surface area contributed by atoms with Crippen molar-refractivity contribution in [1.29, 1.82) is 0 Å². The summed E-state index contributed by atoms with van der Waals surface area (Å²) in [4.78, 5) is 16.3. The Bertz CT molecular complexity index is 1500. The normalized spacial score (nSPS) is 11.2. The molecule has 0 fully saturated rings. The second-order valence-corrected chi connectivity index (χ2v) is 8.77. The smallest absolute Gasteiger partial charge is 0.336 e. The van der Waals surface area contributed by atoms with Gasteiger partial charge in [-0.1, -0.05) is 49.0 Å². The maximum absolute atomic E-state index is 12.2. The van der Waals surface area contributed by atoms with Gasteiger partial charge >= 0.3 is 5.63 Å². The second-order valence-electron chi connectivity index (χ2n) is 7.82. The summed E-state index contributed by atoms with van der Waals surface area (Å²) in [6.07, 6.45) is 4.15. The Morgan fingerprint density at radius 2 is 1.79 bits per heavy atom. The molecule has 34 heavy (non-hydrogen) atoms. The second kappa shape index (κ2) is 9.52. The third-order valence-electron chi connectivity index (χ3n) is 5.61. The first kappa shape index (κ1) is 21.9. The molecule has 0 spiro atoms. The van der Waals surface area contributed by atoms with Gasteiger partial charge in [-0.25, -0.2) is 4.79 Å². The van der Waals surface area contributed by atoms with E-state index >= 15 is 0 Å². The lowest BCUT2D eigenvalue weighted by atomic mass is 10.1. The highest BCUT2D eigenvalue weighted by molar-refractivity contribution is 7.98. The van der Waals surface area contributed by atoms with E-state index in [0.717, 1.165) is 38.6 Å². The average molecular weight is 471 g/mol. The number of pyridine rings is 1. The van der Waals surface area contributed by atoms with E-state index in [4.69, 9.17) is 4.42 Å². The van der Waals surface area contributed by atoms with Gasteiger partial charge in [-0.15, -0.1) is 10.2 Å². The zero-order valence-electron chi connectivity index (χ0n) is 18.5. The summed E-state index contributed by atoms with van der Waals surface area (Å²) in [7, 11) is 0. The number of phenolic OH excluding ortho intramolecular Hbond substituents is 1. The van der Waals surface area contributed by atoms with Crippen LogP contribution in [-0.4, -0.2) is 24.9 Å². The van der Waals surface area contributed by atoms with E-state index in [2.05, 4.69) is 31.9 Å². The molecule has 0 atom stereocenters. The van der Waals surface area contributed by atoms with Crippen LogP contribution in [0.25, 0.3) is 22.4 Å². The van der Waals surface area contributed by atoms with Crippen molar-refractivity contribution in [2.24, 2.45) is 0 Å². The quantitative estimate of drug-likeness (QED) is 0.263. The van der Waals surface area contributed by atoms with Gasteiger partial charge in [0.2, 0.25) is 0 Å². The molecule has 0 aliphatic rings. The van der Waals surface area contributed by atoms with E-state index in [-0.39, 0.29) is 5.75 Å². The summed E-state index contributed by atoms with van der Waals surface area (Å²) in [5.41, 5.74) is 3.62. The molecule has 0 bridgehead atoms. The molecule has 5 aromatic rings. The van der Waals surface area contributed by atoms with Gasteiger partial charge < -0.3 is 9.52 Å². The lowest BCUT2D eigenvalue weighted by molar-refractivity contribution is 0.466. The lowest BCUT2D eigenvalue weighted by Gasteiger charge is -2.11. The minimum atomic E-state index is -0.449. The zero-order valence-corrected chi connectivity index (χ0v) is 19.3. The van der Waals surface area contributed by atoms with Gasteiger partial charge in [-0.3, -0.25) is 9.55 Å². The van der Waals surface area contributed by atoms with E-state index in [1.54, 1.807) is 12.4 Å². The predicted octanol–water partition coefficient (Wildman–Crippen LogP) is 5.06. The van der Waals surface area contributed by atoms with Crippen molar-refractivity contribution >= 4 is 22.7 Å². The fourth-order valence-electron chi connectivity index (χ4n) is 3.87. The number of phenols is 1. The van der Waals surface area contributed by atoms with Crippen LogP contribution in [0.1, 0.15) is 23.6 Å². The first-order chi connectivity index (χ1) is 16.6. The number of nitrogens with zero attached hydrogens (tertiary/aromatic N) is 4. The van der Waals surface area contributed by atoms with Crippen LogP contribution >= 0.6 is 11.8 Å². The van der Waals surface area contributed by atoms with Crippen molar-refractivity contribution in [3.05, 3.63) is 100 Å². The van der Waals surface area contributed by atoms with Crippen LogP contribution < -0.4 is 5.63 Å². The van der Waals surface area contributed by atoms with E-state index in [1.165, 1.54) is 23.9 Å². The summed E-state index contributed by atoms with van der Waals surface area (Å²) in [6, 6.07) is 18.9. The molecular formula is C26H22N4O3S. The summed E-state index contributed by atoms with van der Waals surface area (Å²) in [5.74, 6) is 1.39. The third kappa shape index (κ3) is 4.45. The molecule has 5 rings (SSSR count). The molecule has 0 amide bonds. The topological polar surface area (TPSA) is 94.0 Å². The van der Waals surface area contributed by atoms with Gasteiger partial charge in [0, 0.05) is 41.2 Å². The van der Waals surface area contributed by atoms with Crippen molar-refractivity contribution in [2.75, 3.05) is 0 Å². The molecular weight excluding hydrogens is 448 g/mol. The molecule has 1 N–H and O–H groups in total. The highest BCUT2D eigenvalue weighted by atomic mass is 32.2. The minimum absolute atomic E-state index is 0.132. The number of aromatic hydroxyl groups is 1. The van der Waals surface area contributed by atoms with E-state index in [1.807, 2.05) is 43.3 Å². The number of aromatic nitrogens is 4. The van der Waals surface area contributed by atoms with Gasteiger partial charge in [0.25, 0.3) is 0 Å². The van der Waals surface area contributed by atoms with Crippen LogP contribution in [0.5, 0.6) is 5.75 Å². The van der Waals surface area contributed by atoms with Crippen LogP contribution in [0, 0.1) is 0 Å². The molecule has 170 valence electrons. The Morgan fingerprint density at radius 1 is 1.00 bits per heavy atom. The number of fused-ring (bicyclic) bond motifs is 1. The van der Waals surface area contributed by atoms with E-state index in [0.29, 0.717) is 24.3 Å². The van der Waals surface area contributed by atoms with Crippen molar-refractivity contribution in [3.8, 4) is 17.1 Å². The monoisotopic (exact) mass is 470 g/mol. The van der Waals surface area contributed by atoms with E-state index in [9.17, 15) is 9.90 Å². The number of hydrogen-bond donors (Lipinski definition) is 1. The fourth-order valence-corrected chi connectivity index (χ4v) is 4.80. The van der Waals surface area contributed by atoms with Crippen molar-refractivity contribution in [1.82, 2.24) is 19.7 Å². The highest BCUT2D eigenvalue weighted by Crippen LogP contribution is 2.31. The molecule has 2 aromatic carbocycles. The number of benzene rings is 2. The summed E-state index contributed by atoms with van der Waals surface area (Å²) >= 11 is 1.51. The van der Waals surface area contributed by atoms with Gasteiger partial charge in [-0.2, -0.15) is 0 Å². The maximum atomic E-state index is 12.2. The number of thioether (sulfide) groups is 1. The average Bonchev–Trinajstić information content (AvgIpc) is 3.25. The van der Waals surface area contributed by atoms with Crippen LogP contribution in [0.3, 0.4) is 0 Å². The van der Waals surface area contributed by atoms with Crippen molar-refractivity contribution in [3.63, 3.8) is 0 Å². The molecule has 0 aliphatic heterocycles. The van der Waals surface area contributed by atoms with Crippen LogP contribution in [0.4, 0.5) is 0 Å². The Balaban J connectivity index is 1.52. The standard InChI is InChI=1S/C26H22N4O3S/c1-2-18-12-21-20(13-24(32)33-23(21)14-22(18)31)16-34-26-29-28-25(19-8-10-27-11-9-19)30(26)15-17-6-4-3-5-7-17/h3-14,31H,2,15-16H2,1H3. The Hall–Kier alpha value is -3.91. The van der Waals surface area contributed by atoms with Gasteiger partial charge in [-0.05, 0) is 41.3 Å². The minimum Gasteiger partial charge on any atom is -0.508 e. The van der Waals surface area contributed by atoms with E-state index < -0.39 is 5.63 Å². The first-order valence-corrected chi connectivity index (χ1v) is 11.9.